The summed E-state index contributed by atoms with van der Waals surface area (Å²) in [6, 6.07) is 2.20. The van der Waals surface area contributed by atoms with E-state index < -0.39 is 5.82 Å². The summed E-state index contributed by atoms with van der Waals surface area (Å²) in [4.78, 5) is 2.13. The van der Waals surface area contributed by atoms with Crippen LogP contribution < -0.4 is 5.32 Å². The number of phenolic OH excluding ortho intramolecular Hbond substituents is 1. The molecule has 0 amide bonds. The van der Waals surface area contributed by atoms with Gasteiger partial charge in [0.25, 0.3) is 0 Å². The Bertz CT molecular complexity index is 447. The molecule has 1 atom stereocenters. The normalized spacial score (nSPS) is 18.6. The van der Waals surface area contributed by atoms with E-state index in [0.717, 1.165) is 32.2 Å². The maximum Gasteiger partial charge on any atom is 0.139 e. The highest BCUT2D eigenvalue weighted by molar-refractivity contribution is 6.32. The molecule has 2 N–H and O–H groups in total. The smallest absolute Gasteiger partial charge is 0.139 e. The van der Waals surface area contributed by atoms with Gasteiger partial charge in [-0.3, -0.25) is 4.90 Å². The maximum absolute atomic E-state index is 13.4. The number of aromatic hydroxyl groups is 1. The minimum atomic E-state index is -0.449. The minimum Gasteiger partial charge on any atom is -0.506 e. The van der Waals surface area contributed by atoms with Gasteiger partial charge in [-0.25, -0.2) is 4.39 Å². The van der Waals surface area contributed by atoms with Gasteiger partial charge in [0.15, 0.2) is 0 Å². The lowest BCUT2D eigenvalue weighted by Gasteiger charge is -2.33. The van der Waals surface area contributed by atoms with Gasteiger partial charge in [0.05, 0.1) is 11.1 Å². The zero-order chi connectivity index (χ0) is 13.1. The summed E-state index contributed by atoms with van der Waals surface area (Å²) in [6.07, 6.45) is 1.70. The summed E-state index contributed by atoms with van der Waals surface area (Å²) in [5, 5.41) is 13.2. The molecule has 0 saturated carbocycles. The van der Waals surface area contributed by atoms with Crippen molar-refractivity contribution in [2.24, 2.45) is 0 Å². The fourth-order valence-corrected chi connectivity index (χ4v) is 2.46. The molecule has 0 radical (unpaired) electrons. The van der Waals surface area contributed by atoms with E-state index in [0.29, 0.717) is 5.56 Å². The Morgan fingerprint density at radius 3 is 2.72 bits per heavy atom. The van der Waals surface area contributed by atoms with Gasteiger partial charge in [0, 0.05) is 31.7 Å². The highest BCUT2D eigenvalue weighted by atomic mass is 35.5. The van der Waals surface area contributed by atoms with Crippen LogP contribution in [0.5, 0.6) is 5.75 Å². The van der Waals surface area contributed by atoms with Gasteiger partial charge in [-0.15, -0.1) is 6.58 Å². The second-order valence-electron chi connectivity index (χ2n) is 4.29. The Labute approximate surface area is 111 Å². The molecule has 3 nitrogen and oxygen atoms in total. The number of halogens is 2. The Morgan fingerprint density at radius 2 is 2.11 bits per heavy atom. The first-order valence-corrected chi connectivity index (χ1v) is 6.26. The van der Waals surface area contributed by atoms with E-state index in [1.165, 1.54) is 6.07 Å². The molecular formula is C13H16ClFN2O. The third-order valence-electron chi connectivity index (χ3n) is 3.14. The molecule has 1 heterocycles. The van der Waals surface area contributed by atoms with Gasteiger partial charge in [-0.2, -0.15) is 0 Å². The summed E-state index contributed by atoms with van der Waals surface area (Å²) in [7, 11) is 0. The van der Waals surface area contributed by atoms with Crippen LogP contribution in [-0.4, -0.2) is 36.2 Å². The topological polar surface area (TPSA) is 35.5 Å². The summed E-state index contributed by atoms with van der Waals surface area (Å²) in [5.74, 6) is -0.517. The number of rotatable bonds is 3. The quantitative estimate of drug-likeness (QED) is 0.828. The number of nitrogens with zero attached hydrogens (tertiary/aromatic N) is 1. The summed E-state index contributed by atoms with van der Waals surface area (Å²) in [5.41, 5.74) is 0.469. The fourth-order valence-electron chi connectivity index (χ4n) is 2.24. The summed E-state index contributed by atoms with van der Waals surface area (Å²) >= 11 is 5.80. The van der Waals surface area contributed by atoms with Gasteiger partial charge >= 0.3 is 0 Å². The molecule has 0 bridgehead atoms. The van der Waals surface area contributed by atoms with Gasteiger partial charge in [-0.1, -0.05) is 17.7 Å². The first-order chi connectivity index (χ1) is 8.63. The van der Waals surface area contributed by atoms with Crippen molar-refractivity contribution < 1.29 is 9.50 Å². The van der Waals surface area contributed by atoms with E-state index in [-0.39, 0.29) is 16.8 Å². The minimum absolute atomic E-state index is 0.0342. The van der Waals surface area contributed by atoms with Crippen molar-refractivity contribution in [3.05, 3.63) is 41.2 Å². The Balaban J connectivity index is 2.34. The molecule has 0 spiro atoms. The lowest BCUT2D eigenvalue weighted by Crippen LogP contribution is -2.44. The molecule has 2 rings (SSSR count). The van der Waals surface area contributed by atoms with Crippen molar-refractivity contribution in [3.8, 4) is 5.75 Å². The number of nitrogens with one attached hydrogen (secondary N) is 1. The number of phenols is 1. The molecule has 1 aliphatic heterocycles. The Kier molecular flexibility index (Phi) is 4.22. The highest BCUT2D eigenvalue weighted by Gasteiger charge is 2.23. The van der Waals surface area contributed by atoms with Crippen LogP contribution in [0, 0.1) is 5.82 Å². The highest BCUT2D eigenvalue weighted by Crippen LogP contribution is 2.35. The van der Waals surface area contributed by atoms with Crippen molar-refractivity contribution >= 4 is 11.6 Å². The van der Waals surface area contributed by atoms with Crippen LogP contribution in [0.15, 0.2) is 24.8 Å². The van der Waals surface area contributed by atoms with Crippen molar-refractivity contribution in [2.45, 2.75) is 6.04 Å². The van der Waals surface area contributed by atoms with Gasteiger partial charge in [0.1, 0.15) is 11.6 Å². The summed E-state index contributed by atoms with van der Waals surface area (Å²) < 4.78 is 13.4. The second kappa shape index (κ2) is 5.69. The molecular weight excluding hydrogens is 255 g/mol. The summed E-state index contributed by atoms with van der Waals surface area (Å²) in [6.45, 7) is 7.16. The number of piperazine rings is 1. The molecule has 0 unspecified atom stereocenters. The zero-order valence-electron chi connectivity index (χ0n) is 10.00. The van der Waals surface area contributed by atoms with Crippen LogP contribution in [0.25, 0.3) is 0 Å². The van der Waals surface area contributed by atoms with Crippen molar-refractivity contribution in [2.75, 3.05) is 26.2 Å². The SMILES string of the molecule is C=C[C@H](c1cc(F)cc(Cl)c1O)N1CCNCC1. The molecule has 1 aliphatic rings. The molecule has 1 fully saturated rings. The third kappa shape index (κ3) is 2.66. The van der Waals surface area contributed by atoms with Crippen LogP contribution in [0.3, 0.4) is 0 Å². The predicted molar refractivity (Wildman–Crippen MR) is 70.5 cm³/mol. The van der Waals surface area contributed by atoms with E-state index in [2.05, 4.69) is 16.8 Å². The van der Waals surface area contributed by atoms with E-state index >= 15 is 0 Å². The lowest BCUT2D eigenvalue weighted by atomic mass is 10.0. The van der Waals surface area contributed by atoms with E-state index in [1.807, 2.05) is 0 Å². The molecule has 1 aromatic carbocycles. The van der Waals surface area contributed by atoms with Crippen LogP contribution in [0.1, 0.15) is 11.6 Å². The van der Waals surface area contributed by atoms with E-state index in [1.54, 1.807) is 6.08 Å². The van der Waals surface area contributed by atoms with Gasteiger partial charge in [-0.05, 0) is 12.1 Å². The first kappa shape index (κ1) is 13.3. The lowest BCUT2D eigenvalue weighted by molar-refractivity contribution is 0.200. The molecule has 5 heteroatoms. The molecule has 1 aromatic rings. The predicted octanol–water partition coefficient (Wildman–Crippen LogP) is 2.32. The third-order valence-corrected chi connectivity index (χ3v) is 3.43. The van der Waals surface area contributed by atoms with Crippen LogP contribution in [0.4, 0.5) is 4.39 Å². The van der Waals surface area contributed by atoms with Crippen molar-refractivity contribution in [1.82, 2.24) is 10.2 Å². The molecule has 98 valence electrons. The second-order valence-corrected chi connectivity index (χ2v) is 4.70. The molecule has 0 aromatic heterocycles. The van der Waals surface area contributed by atoms with E-state index in [9.17, 15) is 9.50 Å². The fraction of sp³-hybridized carbons (Fsp3) is 0.385. The molecule has 1 saturated heterocycles. The first-order valence-electron chi connectivity index (χ1n) is 5.88. The van der Waals surface area contributed by atoms with Crippen molar-refractivity contribution in [3.63, 3.8) is 0 Å². The van der Waals surface area contributed by atoms with Crippen molar-refractivity contribution in [1.29, 1.82) is 0 Å². The Morgan fingerprint density at radius 1 is 1.44 bits per heavy atom. The molecule has 0 aliphatic carbocycles. The number of hydrogen-bond acceptors (Lipinski definition) is 3. The van der Waals surface area contributed by atoms with Gasteiger partial charge < -0.3 is 10.4 Å². The molecule has 18 heavy (non-hydrogen) atoms. The van der Waals surface area contributed by atoms with Crippen LogP contribution >= 0.6 is 11.6 Å². The standard InChI is InChI=1S/C13H16ClFN2O/c1-2-12(17-5-3-16-4-6-17)10-7-9(15)8-11(14)13(10)18/h2,7-8,12,16,18H,1,3-6H2/t12-/m1/s1. The maximum atomic E-state index is 13.4. The zero-order valence-corrected chi connectivity index (χ0v) is 10.8. The van der Waals surface area contributed by atoms with E-state index in [4.69, 9.17) is 11.6 Å². The largest absolute Gasteiger partial charge is 0.506 e. The van der Waals surface area contributed by atoms with Crippen LogP contribution in [0.2, 0.25) is 5.02 Å². The number of benzene rings is 1. The average Bonchev–Trinajstić information content (AvgIpc) is 2.37. The monoisotopic (exact) mass is 270 g/mol. The Hall–Kier alpha value is -1.10. The average molecular weight is 271 g/mol. The number of hydrogen-bond donors (Lipinski definition) is 2. The van der Waals surface area contributed by atoms with Gasteiger partial charge in [0.2, 0.25) is 0 Å². The van der Waals surface area contributed by atoms with Crippen LogP contribution in [-0.2, 0) is 0 Å².